The van der Waals surface area contributed by atoms with E-state index >= 15 is 0 Å². The van der Waals surface area contributed by atoms with Gasteiger partial charge in [0.1, 0.15) is 5.82 Å². The standard InChI is InChI=1S/C15H24N2.C2H6/c1-3-8-14-13(4-2)9-10-15(16-14)17-11-6-5-7-12-17;1-2/h9-10H,3-8,11-12H2,1-2H3;1-2H3. The molecule has 0 unspecified atom stereocenters. The molecule has 0 radical (unpaired) electrons. The van der Waals surface area contributed by atoms with Crippen molar-refractivity contribution in [3.8, 4) is 0 Å². The molecule has 1 aliphatic heterocycles. The molecule has 0 atom stereocenters. The first-order valence-corrected chi connectivity index (χ1v) is 8.09. The summed E-state index contributed by atoms with van der Waals surface area (Å²) in [6.45, 7) is 10.8. The zero-order chi connectivity index (χ0) is 14.1. The van der Waals surface area contributed by atoms with Crippen LogP contribution in [-0.4, -0.2) is 18.1 Å². The summed E-state index contributed by atoms with van der Waals surface area (Å²) < 4.78 is 0. The Morgan fingerprint density at radius 1 is 1.05 bits per heavy atom. The number of aromatic nitrogens is 1. The van der Waals surface area contributed by atoms with E-state index in [4.69, 9.17) is 4.98 Å². The molecular weight excluding hydrogens is 232 g/mol. The number of anilines is 1. The van der Waals surface area contributed by atoms with Gasteiger partial charge in [-0.3, -0.25) is 0 Å². The van der Waals surface area contributed by atoms with Gasteiger partial charge >= 0.3 is 0 Å². The molecule has 1 aromatic rings. The average molecular weight is 262 g/mol. The molecule has 1 saturated heterocycles. The Hall–Kier alpha value is -1.05. The van der Waals surface area contributed by atoms with Crippen molar-refractivity contribution in [2.45, 2.75) is 66.2 Å². The Kier molecular flexibility index (Phi) is 7.54. The van der Waals surface area contributed by atoms with Gasteiger partial charge in [0.25, 0.3) is 0 Å². The lowest BCUT2D eigenvalue weighted by molar-refractivity contribution is 0.572. The molecule has 0 N–H and O–H groups in total. The highest BCUT2D eigenvalue weighted by Crippen LogP contribution is 2.20. The second kappa shape index (κ2) is 8.95. The summed E-state index contributed by atoms with van der Waals surface area (Å²) in [5, 5.41) is 0. The molecule has 1 aromatic heterocycles. The van der Waals surface area contributed by atoms with Crippen LogP contribution in [0.3, 0.4) is 0 Å². The minimum Gasteiger partial charge on any atom is -0.357 e. The van der Waals surface area contributed by atoms with Crippen LogP contribution >= 0.6 is 0 Å². The second-order valence-corrected chi connectivity index (χ2v) is 4.93. The Morgan fingerprint density at radius 2 is 1.74 bits per heavy atom. The van der Waals surface area contributed by atoms with Gasteiger partial charge in [-0.05, 0) is 43.7 Å². The summed E-state index contributed by atoms with van der Waals surface area (Å²) in [5.41, 5.74) is 2.74. The van der Waals surface area contributed by atoms with Crippen LogP contribution in [0.2, 0.25) is 0 Å². The first kappa shape index (κ1) is 16.0. The first-order chi connectivity index (χ1) is 9.35. The first-order valence-electron chi connectivity index (χ1n) is 8.09. The summed E-state index contributed by atoms with van der Waals surface area (Å²) >= 11 is 0. The van der Waals surface area contributed by atoms with Crippen molar-refractivity contribution in [1.82, 2.24) is 4.98 Å². The zero-order valence-corrected chi connectivity index (χ0v) is 13.2. The highest BCUT2D eigenvalue weighted by atomic mass is 15.2. The molecule has 0 aliphatic carbocycles. The fourth-order valence-electron chi connectivity index (χ4n) is 2.59. The highest BCUT2D eigenvalue weighted by molar-refractivity contribution is 5.42. The van der Waals surface area contributed by atoms with Gasteiger partial charge in [-0.25, -0.2) is 4.98 Å². The molecule has 1 fully saturated rings. The topological polar surface area (TPSA) is 16.1 Å². The lowest BCUT2D eigenvalue weighted by atomic mass is 10.1. The van der Waals surface area contributed by atoms with Crippen molar-refractivity contribution in [1.29, 1.82) is 0 Å². The lowest BCUT2D eigenvalue weighted by Crippen LogP contribution is -2.30. The normalized spacial score (nSPS) is 14.8. The van der Waals surface area contributed by atoms with Gasteiger partial charge < -0.3 is 4.90 Å². The zero-order valence-electron chi connectivity index (χ0n) is 13.2. The predicted octanol–water partition coefficient (Wildman–Crippen LogP) is 4.61. The fraction of sp³-hybridized carbons (Fsp3) is 0.706. The van der Waals surface area contributed by atoms with Gasteiger partial charge in [0, 0.05) is 18.8 Å². The van der Waals surface area contributed by atoms with Crippen LogP contribution in [0.5, 0.6) is 0 Å². The molecule has 2 nitrogen and oxygen atoms in total. The summed E-state index contributed by atoms with van der Waals surface area (Å²) in [6.07, 6.45) is 7.42. The Labute approximate surface area is 119 Å². The van der Waals surface area contributed by atoms with Crippen LogP contribution in [0.4, 0.5) is 5.82 Å². The van der Waals surface area contributed by atoms with E-state index in [2.05, 4.69) is 30.9 Å². The Balaban J connectivity index is 0.000000861. The van der Waals surface area contributed by atoms with Crippen LogP contribution in [0, 0.1) is 0 Å². The van der Waals surface area contributed by atoms with E-state index in [9.17, 15) is 0 Å². The predicted molar refractivity (Wildman–Crippen MR) is 85.0 cm³/mol. The maximum absolute atomic E-state index is 4.88. The third-order valence-electron chi connectivity index (χ3n) is 3.60. The van der Waals surface area contributed by atoms with Crippen molar-refractivity contribution < 1.29 is 0 Å². The monoisotopic (exact) mass is 262 g/mol. The molecule has 1 aliphatic rings. The Morgan fingerprint density at radius 3 is 2.32 bits per heavy atom. The van der Waals surface area contributed by atoms with E-state index in [1.54, 1.807) is 0 Å². The largest absolute Gasteiger partial charge is 0.357 e. The Bertz CT molecular complexity index is 354. The number of nitrogens with zero attached hydrogens (tertiary/aromatic N) is 2. The molecule has 0 bridgehead atoms. The minimum absolute atomic E-state index is 1.10. The molecule has 2 rings (SSSR count). The van der Waals surface area contributed by atoms with Gasteiger partial charge in [-0.1, -0.05) is 40.2 Å². The number of aryl methyl sites for hydroxylation is 2. The van der Waals surface area contributed by atoms with Gasteiger partial charge in [-0.15, -0.1) is 0 Å². The van der Waals surface area contributed by atoms with E-state index in [1.165, 1.54) is 55.8 Å². The lowest BCUT2D eigenvalue weighted by Gasteiger charge is -2.28. The molecule has 2 heterocycles. The average Bonchev–Trinajstić information content (AvgIpc) is 2.50. The number of piperidine rings is 1. The molecule has 19 heavy (non-hydrogen) atoms. The van der Waals surface area contributed by atoms with Crippen molar-refractivity contribution in [2.75, 3.05) is 18.0 Å². The molecule has 0 aromatic carbocycles. The molecule has 0 amide bonds. The van der Waals surface area contributed by atoms with E-state index in [0.717, 1.165) is 12.8 Å². The van der Waals surface area contributed by atoms with Gasteiger partial charge in [-0.2, -0.15) is 0 Å². The van der Waals surface area contributed by atoms with Crippen LogP contribution in [0.25, 0.3) is 0 Å². The molecule has 108 valence electrons. The quantitative estimate of drug-likeness (QED) is 0.787. The summed E-state index contributed by atoms with van der Waals surface area (Å²) in [6, 6.07) is 4.49. The molecule has 0 saturated carbocycles. The number of rotatable bonds is 4. The summed E-state index contributed by atoms with van der Waals surface area (Å²) in [5.74, 6) is 1.20. The van der Waals surface area contributed by atoms with Crippen molar-refractivity contribution in [3.05, 3.63) is 23.4 Å². The molecule has 2 heteroatoms. The third-order valence-corrected chi connectivity index (χ3v) is 3.60. The van der Waals surface area contributed by atoms with Crippen LogP contribution in [0.15, 0.2) is 12.1 Å². The van der Waals surface area contributed by atoms with Gasteiger partial charge in [0.15, 0.2) is 0 Å². The maximum atomic E-state index is 4.88. The number of hydrogen-bond donors (Lipinski definition) is 0. The number of pyridine rings is 1. The second-order valence-electron chi connectivity index (χ2n) is 4.93. The SMILES string of the molecule is CC.CCCc1nc(N2CCCCC2)ccc1CC. The molecule has 0 spiro atoms. The number of hydrogen-bond acceptors (Lipinski definition) is 2. The van der Waals surface area contributed by atoms with Gasteiger partial charge in [0.2, 0.25) is 0 Å². The fourth-order valence-corrected chi connectivity index (χ4v) is 2.59. The minimum atomic E-state index is 1.10. The van der Waals surface area contributed by atoms with Gasteiger partial charge in [0.05, 0.1) is 0 Å². The van der Waals surface area contributed by atoms with Crippen molar-refractivity contribution in [2.24, 2.45) is 0 Å². The van der Waals surface area contributed by atoms with Crippen LogP contribution < -0.4 is 4.90 Å². The van der Waals surface area contributed by atoms with Crippen molar-refractivity contribution in [3.63, 3.8) is 0 Å². The van der Waals surface area contributed by atoms with E-state index in [-0.39, 0.29) is 0 Å². The summed E-state index contributed by atoms with van der Waals surface area (Å²) in [7, 11) is 0. The van der Waals surface area contributed by atoms with Crippen LogP contribution in [-0.2, 0) is 12.8 Å². The van der Waals surface area contributed by atoms with E-state index in [1.807, 2.05) is 13.8 Å². The highest BCUT2D eigenvalue weighted by Gasteiger charge is 2.13. The summed E-state index contributed by atoms with van der Waals surface area (Å²) in [4.78, 5) is 7.33. The van der Waals surface area contributed by atoms with Crippen LogP contribution in [0.1, 0.15) is 64.6 Å². The molecular formula is C17H30N2. The smallest absolute Gasteiger partial charge is 0.128 e. The third kappa shape index (κ3) is 4.52. The van der Waals surface area contributed by atoms with Crippen molar-refractivity contribution >= 4 is 5.82 Å². The maximum Gasteiger partial charge on any atom is 0.128 e. The van der Waals surface area contributed by atoms with E-state index < -0.39 is 0 Å². The van der Waals surface area contributed by atoms with E-state index in [0.29, 0.717) is 0 Å².